The number of thiophene rings is 1. The van der Waals surface area contributed by atoms with E-state index in [1.54, 1.807) is 16.2 Å². The van der Waals surface area contributed by atoms with Crippen molar-refractivity contribution < 1.29 is 22.7 Å². The van der Waals surface area contributed by atoms with Crippen LogP contribution in [0.25, 0.3) is 20.8 Å². The van der Waals surface area contributed by atoms with Gasteiger partial charge in [-0.05, 0) is 64.8 Å². The highest BCUT2D eigenvalue weighted by Crippen LogP contribution is 2.44. The molecule has 0 aliphatic carbocycles. The molecule has 0 bridgehead atoms. The molecule has 166 valence electrons. The van der Waals surface area contributed by atoms with Crippen LogP contribution in [-0.2, 0) is 23.9 Å². The Morgan fingerprint density at radius 2 is 1.94 bits per heavy atom. The van der Waals surface area contributed by atoms with Crippen molar-refractivity contribution in [3.05, 3.63) is 39.1 Å². The number of hydrogen-bond donors (Lipinski definition) is 0. The van der Waals surface area contributed by atoms with Gasteiger partial charge in [-0.2, -0.15) is 13.2 Å². The van der Waals surface area contributed by atoms with E-state index in [-0.39, 0.29) is 12.1 Å². The van der Waals surface area contributed by atoms with Gasteiger partial charge in [0.25, 0.3) is 0 Å². The molecule has 1 unspecified atom stereocenters. The Kier molecular flexibility index (Phi) is 5.33. The van der Waals surface area contributed by atoms with E-state index in [9.17, 15) is 18.0 Å². The van der Waals surface area contributed by atoms with E-state index in [1.165, 1.54) is 17.4 Å². The average molecular weight is 469 g/mol. The second-order valence-electron chi connectivity index (χ2n) is 8.80. The van der Waals surface area contributed by atoms with E-state index in [0.717, 1.165) is 42.7 Å². The zero-order valence-corrected chi connectivity index (χ0v) is 19.5. The van der Waals surface area contributed by atoms with Crippen molar-refractivity contribution in [2.75, 3.05) is 0 Å². The molecule has 0 spiro atoms. The summed E-state index contributed by atoms with van der Waals surface area (Å²) < 4.78 is 45.5. The summed E-state index contributed by atoms with van der Waals surface area (Å²) in [6.45, 7) is 9.96. The first-order valence-corrected chi connectivity index (χ1v) is 11.6. The Morgan fingerprint density at radius 1 is 1.23 bits per heavy atom. The van der Waals surface area contributed by atoms with Crippen molar-refractivity contribution in [3.63, 3.8) is 0 Å². The lowest BCUT2D eigenvalue weighted by Gasteiger charge is -2.35. The van der Waals surface area contributed by atoms with Gasteiger partial charge in [0.2, 0.25) is 0 Å². The van der Waals surface area contributed by atoms with Crippen LogP contribution in [0.1, 0.15) is 48.6 Å². The molecular formula is C22H23F3N2O2S2. The minimum Gasteiger partial charge on any atom is -0.444 e. The van der Waals surface area contributed by atoms with E-state index in [0.29, 0.717) is 18.5 Å². The zero-order chi connectivity index (χ0) is 22.7. The molecule has 1 atom stereocenters. The van der Waals surface area contributed by atoms with Crippen LogP contribution in [0.5, 0.6) is 0 Å². The van der Waals surface area contributed by atoms with Crippen LogP contribution in [0.3, 0.4) is 0 Å². The highest BCUT2D eigenvalue weighted by molar-refractivity contribution is 7.22. The lowest BCUT2D eigenvalue weighted by atomic mass is 9.97. The van der Waals surface area contributed by atoms with Crippen LogP contribution in [0, 0.1) is 6.92 Å². The van der Waals surface area contributed by atoms with Gasteiger partial charge in [0.15, 0.2) is 0 Å². The van der Waals surface area contributed by atoms with E-state index in [1.807, 2.05) is 34.6 Å². The average Bonchev–Trinajstić information content (AvgIpc) is 3.17. The summed E-state index contributed by atoms with van der Waals surface area (Å²) in [5, 5.41) is 0.724. The van der Waals surface area contributed by atoms with E-state index in [2.05, 4.69) is 4.98 Å². The molecule has 9 heteroatoms. The Labute approximate surface area is 186 Å². The summed E-state index contributed by atoms with van der Waals surface area (Å²) in [7, 11) is 0. The standard InChI is InChI=1S/C22H23F3N2O2S2/c1-11-8-14-17(10-27(11)20(28)29-21(3,4)5)30-12(2)18(14)19-26-15-9-13(22(23,24)25)6-7-16(15)31-19/h6-7,9,11H,8,10H2,1-5H3. The maximum atomic E-state index is 13.1. The molecule has 1 aliphatic heterocycles. The number of thiazole rings is 1. The summed E-state index contributed by atoms with van der Waals surface area (Å²) in [6.07, 6.45) is -4.08. The molecule has 1 amide bonds. The number of hydrogen-bond acceptors (Lipinski definition) is 5. The third-order valence-electron chi connectivity index (χ3n) is 5.17. The highest BCUT2D eigenvalue weighted by atomic mass is 32.1. The number of ether oxygens (including phenoxy) is 1. The SMILES string of the molecule is Cc1sc2c(c1-c1nc3cc(C(F)(F)F)ccc3s1)CC(C)N(C(=O)OC(C)(C)C)C2. The third kappa shape index (κ3) is 4.30. The van der Waals surface area contributed by atoms with Gasteiger partial charge in [0.05, 0.1) is 22.3 Å². The van der Waals surface area contributed by atoms with Gasteiger partial charge in [-0.1, -0.05) is 0 Å². The van der Waals surface area contributed by atoms with Crippen LogP contribution in [0.15, 0.2) is 18.2 Å². The van der Waals surface area contributed by atoms with Gasteiger partial charge in [-0.25, -0.2) is 9.78 Å². The molecule has 1 aliphatic rings. The lowest BCUT2D eigenvalue weighted by Crippen LogP contribution is -2.44. The van der Waals surface area contributed by atoms with Crippen LogP contribution in [0.4, 0.5) is 18.0 Å². The number of aryl methyl sites for hydroxylation is 1. The molecule has 1 aromatic carbocycles. The normalized spacial score (nSPS) is 17.2. The molecule has 0 saturated heterocycles. The first-order chi connectivity index (χ1) is 14.3. The minimum absolute atomic E-state index is 0.0543. The molecule has 2 aromatic heterocycles. The number of rotatable bonds is 1. The Bertz CT molecular complexity index is 1160. The summed E-state index contributed by atoms with van der Waals surface area (Å²) >= 11 is 3.01. The van der Waals surface area contributed by atoms with Gasteiger partial charge < -0.3 is 9.64 Å². The minimum atomic E-state index is -4.39. The quantitative estimate of drug-likeness (QED) is 0.385. The number of carbonyl (C=O) groups excluding carboxylic acids is 1. The van der Waals surface area contributed by atoms with Crippen LogP contribution >= 0.6 is 22.7 Å². The fourth-order valence-electron chi connectivity index (χ4n) is 3.76. The van der Waals surface area contributed by atoms with Crippen molar-refractivity contribution in [2.24, 2.45) is 0 Å². The van der Waals surface area contributed by atoms with Gasteiger partial charge in [0.1, 0.15) is 10.6 Å². The number of fused-ring (bicyclic) bond motifs is 2. The van der Waals surface area contributed by atoms with Crippen LogP contribution in [-0.4, -0.2) is 27.6 Å². The molecular weight excluding hydrogens is 445 g/mol. The first kappa shape index (κ1) is 22.1. The van der Waals surface area contributed by atoms with Crippen molar-refractivity contribution in [3.8, 4) is 10.6 Å². The second kappa shape index (κ2) is 7.48. The predicted molar refractivity (Wildman–Crippen MR) is 118 cm³/mol. The number of amides is 1. The molecule has 31 heavy (non-hydrogen) atoms. The maximum absolute atomic E-state index is 13.1. The third-order valence-corrected chi connectivity index (χ3v) is 7.36. The Morgan fingerprint density at radius 3 is 2.58 bits per heavy atom. The van der Waals surface area contributed by atoms with E-state index in [4.69, 9.17) is 4.74 Å². The fourth-order valence-corrected chi connectivity index (χ4v) is 6.11. The monoisotopic (exact) mass is 468 g/mol. The topological polar surface area (TPSA) is 42.4 Å². The number of benzene rings is 1. The molecule has 0 radical (unpaired) electrons. The summed E-state index contributed by atoms with van der Waals surface area (Å²) in [5.74, 6) is 0. The van der Waals surface area contributed by atoms with Gasteiger partial charge in [-0.15, -0.1) is 22.7 Å². The van der Waals surface area contributed by atoms with Crippen LogP contribution in [0.2, 0.25) is 0 Å². The smallest absolute Gasteiger partial charge is 0.416 e. The van der Waals surface area contributed by atoms with Gasteiger partial charge in [-0.3, -0.25) is 0 Å². The molecule has 0 fully saturated rings. The molecule has 3 aromatic rings. The van der Waals surface area contributed by atoms with Crippen molar-refractivity contribution in [1.29, 1.82) is 0 Å². The van der Waals surface area contributed by atoms with Crippen molar-refractivity contribution in [1.82, 2.24) is 9.88 Å². The molecule has 4 nitrogen and oxygen atoms in total. The zero-order valence-electron chi connectivity index (χ0n) is 17.9. The number of nitrogens with zero attached hydrogens (tertiary/aromatic N) is 2. The second-order valence-corrected chi connectivity index (χ2v) is 11.1. The molecule has 0 saturated carbocycles. The Balaban J connectivity index is 1.69. The lowest BCUT2D eigenvalue weighted by molar-refractivity contribution is -0.137. The molecule has 3 heterocycles. The predicted octanol–water partition coefficient (Wildman–Crippen LogP) is 7.03. The summed E-state index contributed by atoms with van der Waals surface area (Å²) in [5.41, 5.74) is 1.22. The Hall–Kier alpha value is -2.13. The van der Waals surface area contributed by atoms with E-state index >= 15 is 0 Å². The van der Waals surface area contributed by atoms with Gasteiger partial charge >= 0.3 is 12.3 Å². The van der Waals surface area contributed by atoms with Gasteiger partial charge in [0, 0.05) is 21.4 Å². The number of halogens is 3. The summed E-state index contributed by atoms with van der Waals surface area (Å²) in [4.78, 5) is 21.0. The largest absolute Gasteiger partial charge is 0.444 e. The first-order valence-electron chi connectivity index (χ1n) is 9.92. The molecule has 0 N–H and O–H groups in total. The number of carbonyl (C=O) groups is 1. The molecule has 4 rings (SSSR count). The number of alkyl halides is 3. The van der Waals surface area contributed by atoms with Crippen molar-refractivity contribution >= 4 is 39.0 Å². The highest BCUT2D eigenvalue weighted by Gasteiger charge is 2.34. The maximum Gasteiger partial charge on any atom is 0.416 e. The summed E-state index contributed by atoms with van der Waals surface area (Å²) in [6, 6.07) is 3.64. The number of aromatic nitrogens is 1. The van der Waals surface area contributed by atoms with E-state index < -0.39 is 17.3 Å². The van der Waals surface area contributed by atoms with Crippen molar-refractivity contribution in [2.45, 2.75) is 65.4 Å². The van der Waals surface area contributed by atoms with Crippen LogP contribution < -0.4 is 0 Å². The fraction of sp³-hybridized carbons (Fsp3) is 0.455.